The van der Waals surface area contributed by atoms with Crippen LogP contribution in [-0.2, 0) is 0 Å². The van der Waals surface area contributed by atoms with Crippen molar-refractivity contribution in [2.45, 2.75) is 87.5 Å². The lowest BCUT2D eigenvalue weighted by molar-refractivity contribution is 0.654. The zero-order valence-corrected chi connectivity index (χ0v) is 40.9. The Balaban J connectivity index is 0.000000129. The second kappa shape index (κ2) is 19.6. The molecule has 0 aliphatic heterocycles. The summed E-state index contributed by atoms with van der Waals surface area (Å²) in [5, 5.41) is 5.56. The van der Waals surface area contributed by atoms with Crippen LogP contribution in [0.5, 0.6) is 0 Å². The second-order valence-corrected chi connectivity index (χ2v) is 19.2. The van der Waals surface area contributed by atoms with Crippen molar-refractivity contribution < 1.29 is 13.3 Å². The summed E-state index contributed by atoms with van der Waals surface area (Å²) in [5.41, 5.74) is 20.5. The highest BCUT2D eigenvalue weighted by molar-refractivity contribution is 6.11. The van der Waals surface area contributed by atoms with E-state index in [1.165, 1.54) is 38.9 Å². The van der Waals surface area contributed by atoms with Crippen LogP contribution >= 0.6 is 0 Å². The van der Waals surface area contributed by atoms with Gasteiger partial charge in [-0.3, -0.25) is 9.97 Å². The molecular formula is C64H61N3O3. The van der Waals surface area contributed by atoms with Crippen molar-refractivity contribution in [2.24, 2.45) is 0 Å². The summed E-state index contributed by atoms with van der Waals surface area (Å²) >= 11 is 0. The van der Waals surface area contributed by atoms with E-state index < -0.39 is 0 Å². The number of furan rings is 3. The number of aryl methyl sites for hydroxylation is 3. The van der Waals surface area contributed by atoms with Crippen molar-refractivity contribution in [1.29, 1.82) is 0 Å². The molecule has 0 radical (unpaired) electrons. The van der Waals surface area contributed by atoms with Gasteiger partial charge in [0, 0.05) is 68.4 Å². The Kier molecular flexibility index (Phi) is 13.3. The third-order valence-electron chi connectivity index (χ3n) is 13.2. The van der Waals surface area contributed by atoms with Crippen molar-refractivity contribution in [3.63, 3.8) is 0 Å². The van der Waals surface area contributed by atoms with Crippen LogP contribution in [0, 0.1) is 20.8 Å². The Morgan fingerprint density at radius 1 is 0.386 bits per heavy atom. The van der Waals surface area contributed by atoms with Crippen LogP contribution in [0.15, 0.2) is 178 Å². The fraction of sp³-hybridized carbons (Fsp3) is 0.203. The maximum atomic E-state index is 6.32. The molecule has 0 N–H and O–H groups in total. The van der Waals surface area contributed by atoms with Gasteiger partial charge in [-0.25, -0.2) is 4.98 Å². The molecule has 6 nitrogen and oxygen atoms in total. The molecule has 0 aliphatic rings. The standard InChI is InChI=1S/3C21H19NO.CH4/c1-13(2)16-11-19-18-6-4-5-17(15-9-7-14(3)8-10-15)20(18)23-21(19)22-12-16;1-13(2)16-5-4-6-17-19-12-22-11-18(21(19)23-20(16)17)15-9-7-14(3)8-10-15;1-13(2)16-5-4-6-18-19-21(23-20(16)18)17(11-12-22-19)15-9-7-14(3)8-10-15;/h3*4-13H,1-3H3;1H4. The lowest BCUT2D eigenvalue weighted by Crippen LogP contribution is -1.87. The van der Waals surface area contributed by atoms with Gasteiger partial charge in [0.05, 0.1) is 0 Å². The van der Waals surface area contributed by atoms with Gasteiger partial charge in [-0.1, -0.05) is 187 Å². The number of pyridine rings is 3. The molecule has 0 fully saturated rings. The zero-order chi connectivity index (χ0) is 47.9. The number of para-hydroxylation sites is 3. The van der Waals surface area contributed by atoms with E-state index in [1.807, 2.05) is 30.9 Å². The fourth-order valence-electron chi connectivity index (χ4n) is 9.22. The Morgan fingerprint density at radius 2 is 0.871 bits per heavy atom. The molecule has 6 heteroatoms. The van der Waals surface area contributed by atoms with E-state index in [0.29, 0.717) is 23.5 Å². The van der Waals surface area contributed by atoms with Crippen molar-refractivity contribution in [3.8, 4) is 33.4 Å². The molecule has 0 saturated carbocycles. The maximum Gasteiger partial charge on any atom is 0.227 e. The van der Waals surface area contributed by atoms with E-state index >= 15 is 0 Å². The summed E-state index contributed by atoms with van der Waals surface area (Å²) in [6.45, 7) is 19.4. The highest BCUT2D eigenvalue weighted by Gasteiger charge is 2.19. The first-order valence-electron chi connectivity index (χ1n) is 24.0. The smallest absolute Gasteiger partial charge is 0.227 e. The molecule has 12 aromatic rings. The summed E-state index contributed by atoms with van der Waals surface area (Å²) in [6.07, 6.45) is 7.59. The molecule has 350 valence electrons. The summed E-state index contributed by atoms with van der Waals surface area (Å²) in [4.78, 5) is 13.6. The molecule has 0 spiro atoms. The average Bonchev–Trinajstić information content (AvgIpc) is 4.06. The van der Waals surface area contributed by atoms with E-state index in [4.69, 9.17) is 13.3 Å². The van der Waals surface area contributed by atoms with Crippen LogP contribution in [0.3, 0.4) is 0 Å². The number of hydrogen-bond acceptors (Lipinski definition) is 6. The van der Waals surface area contributed by atoms with Gasteiger partial charge in [-0.15, -0.1) is 0 Å². The van der Waals surface area contributed by atoms with E-state index in [2.05, 4.69) is 211 Å². The number of fused-ring (bicyclic) bond motifs is 9. The van der Waals surface area contributed by atoms with E-state index in [-0.39, 0.29) is 7.43 Å². The minimum absolute atomic E-state index is 0. The molecule has 6 aromatic carbocycles. The van der Waals surface area contributed by atoms with Gasteiger partial charge in [-0.2, -0.15) is 0 Å². The predicted octanol–water partition coefficient (Wildman–Crippen LogP) is 18.9. The normalized spacial score (nSPS) is 11.5. The molecule has 6 aromatic heterocycles. The third-order valence-corrected chi connectivity index (χ3v) is 13.2. The molecule has 0 saturated heterocycles. The molecule has 0 unspecified atom stereocenters. The third kappa shape index (κ3) is 8.98. The van der Waals surface area contributed by atoms with Gasteiger partial charge in [0.15, 0.2) is 5.58 Å². The van der Waals surface area contributed by atoms with Crippen LogP contribution in [0.4, 0.5) is 0 Å². The van der Waals surface area contributed by atoms with Crippen LogP contribution < -0.4 is 0 Å². The van der Waals surface area contributed by atoms with E-state index in [9.17, 15) is 0 Å². The van der Waals surface area contributed by atoms with Crippen molar-refractivity contribution in [3.05, 3.63) is 198 Å². The first kappa shape index (κ1) is 47.2. The lowest BCUT2D eigenvalue weighted by Gasteiger charge is -2.04. The minimum atomic E-state index is 0. The molecule has 0 bridgehead atoms. The quantitative estimate of drug-likeness (QED) is 0.165. The lowest BCUT2D eigenvalue weighted by atomic mass is 10.00. The summed E-state index contributed by atoms with van der Waals surface area (Å²) < 4.78 is 18.7. The first-order chi connectivity index (χ1) is 33.4. The van der Waals surface area contributed by atoms with Crippen LogP contribution in [-0.4, -0.2) is 15.0 Å². The van der Waals surface area contributed by atoms with Gasteiger partial charge < -0.3 is 13.3 Å². The van der Waals surface area contributed by atoms with Gasteiger partial charge in [-0.05, 0) is 90.1 Å². The van der Waals surface area contributed by atoms with E-state index in [1.54, 1.807) is 0 Å². The largest absolute Gasteiger partial charge is 0.455 e. The number of benzene rings is 6. The molecular weight excluding hydrogens is 859 g/mol. The topological polar surface area (TPSA) is 78.1 Å². The van der Waals surface area contributed by atoms with Crippen LogP contribution in [0.25, 0.3) is 99.5 Å². The molecule has 70 heavy (non-hydrogen) atoms. The van der Waals surface area contributed by atoms with Gasteiger partial charge in [0.2, 0.25) is 5.71 Å². The molecule has 0 aliphatic carbocycles. The summed E-state index contributed by atoms with van der Waals surface area (Å²) in [6, 6.07) is 48.8. The van der Waals surface area contributed by atoms with Crippen LogP contribution in [0.1, 0.15) is 100 Å². The average molecular weight is 920 g/mol. The number of hydrogen-bond donors (Lipinski definition) is 0. The maximum absolute atomic E-state index is 6.32. The van der Waals surface area contributed by atoms with Gasteiger partial charge in [0.25, 0.3) is 0 Å². The van der Waals surface area contributed by atoms with Gasteiger partial charge in [0.1, 0.15) is 27.8 Å². The Morgan fingerprint density at radius 3 is 1.44 bits per heavy atom. The summed E-state index contributed by atoms with van der Waals surface area (Å²) in [7, 11) is 0. The molecule has 0 amide bonds. The second-order valence-electron chi connectivity index (χ2n) is 19.2. The van der Waals surface area contributed by atoms with Crippen LogP contribution in [0.2, 0.25) is 0 Å². The number of rotatable bonds is 6. The number of aromatic nitrogens is 3. The molecule has 6 heterocycles. The predicted molar refractivity (Wildman–Crippen MR) is 294 cm³/mol. The minimum Gasteiger partial charge on any atom is -0.455 e. The molecule has 12 rings (SSSR count). The monoisotopic (exact) mass is 919 g/mol. The van der Waals surface area contributed by atoms with E-state index in [0.717, 1.165) is 88.2 Å². The number of nitrogens with zero attached hydrogens (tertiary/aromatic N) is 3. The Labute approximate surface area is 411 Å². The highest BCUT2D eigenvalue weighted by Crippen LogP contribution is 2.40. The van der Waals surface area contributed by atoms with Gasteiger partial charge >= 0.3 is 0 Å². The summed E-state index contributed by atoms with van der Waals surface area (Å²) in [5.74, 6) is 1.30. The van der Waals surface area contributed by atoms with Crippen molar-refractivity contribution >= 4 is 66.1 Å². The fourth-order valence-corrected chi connectivity index (χ4v) is 9.22. The first-order valence-corrected chi connectivity index (χ1v) is 24.0. The SMILES string of the molecule is C.Cc1ccc(-c2cccc3c2oc2ncc(C(C)C)cc23)cc1.Cc1ccc(-c2ccnc3c2oc2c(C(C)C)cccc23)cc1.Cc1ccc(-c2cncc3c2oc2c(C(C)C)cccc23)cc1. The highest BCUT2D eigenvalue weighted by atomic mass is 16.3. The Hall–Kier alpha value is -7.83. The Bertz CT molecular complexity index is 3590. The molecule has 0 atom stereocenters. The van der Waals surface area contributed by atoms with Crippen molar-refractivity contribution in [1.82, 2.24) is 15.0 Å². The van der Waals surface area contributed by atoms with Crippen molar-refractivity contribution in [2.75, 3.05) is 0 Å². The zero-order valence-electron chi connectivity index (χ0n) is 40.9.